The largest absolute Gasteiger partial charge is 0.327 e. The van der Waals surface area contributed by atoms with E-state index in [1.54, 1.807) is 23.4 Å². The average Bonchev–Trinajstić information content (AvgIpc) is 2.53. The number of anilines is 1. The second-order valence-electron chi connectivity index (χ2n) is 6.00. The highest BCUT2D eigenvalue weighted by atomic mass is 16.2. The number of hydrogen-bond acceptors (Lipinski definition) is 3. The van der Waals surface area contributed by atoms with Crippen molar-refractivity contribution in [2.45, 2.75) is 46.3 Å². The molecule has 0 saturated carbocycles. The summed E-state index contributed by atoms with van der Waals surface area (Å²) in [6.07, 6.45) is 3.31. The first-order valence-corrected chi connectivity index (χ1v) is 7.91. The van der Waals surface area contributed by atoms with E-state index >= 15 is 0 Å². The van der Waals surface area contributed by atoms with Crippen molar-refractivity contribution in [3.05, 3.63) is 54.4 Å². The molecule has 2 amide bonds. The van der Waals surface area contributed by atoms with Crippen LogP contribution in [0.3, 0.4) is 0 Å². The lowest BCUT2D eigenvalue weighted by Crippen LogP contribution is -2.50. The van der Waals surface area contributed by atoms with Crippen molar-refractivity contribution >= 4 is 12.0 Å². The van der Waals surface area contributed by atoms with Crippen LogP contribution in [0.2, 0.25) is 0 Å². The SMILES string of the molecule is CC(C)N(C(=O)N(Cc1ccccc1)c1ncccn1)C(C)C. The van der Waals surface area contributed by atoms with Crippen LogP contribution in [0.15, 0.2) is 48.8 Å². The lowest BCUT2D eigenvalue weighted by atomic mass is 10.2. The van der Waals surface area contributed by atoms with Crippen LogP contribution in [0, 0.1) is 0 Å². The zero-order valence-electron chi connectivity index (χ0n) is 14.2. The summed E-state index contributed by atoms with van der Waals surface area (Å²) < 4.78 is 0. The number of carbonyl (C=O) groups excluding carboxylic acids is 1. The van der Waals surface area contributed by atoms with Gasteiger partial charge in [0.25, 0.3) is 0 Å². The first kappa shape index (κ1) is 16.9. The fourth-order valence-corrected chi connectivity index (χ4v) is 2.60. The van der Waals surface area contributed by atoms with Crippen molar-refractivity contribution in [3.63, 3.8) is 0 Å². The van der Waals surface area contributed by atoms with Crippen molar-refractivity contribution in [1.29, 1.82) is 0 Å². The van der Waals surface area contributed by atoms with Gasteiger partial charge >= 0.3 is 6.03 Å². The second-order valence-corrected chi connectivity index (χ2v) is 6.00. The van der Waals surface area contributed by atoms with Gasteiger partial charge in [0.1, 0.15) is 0 Å². The molecule has 0 spiro atoms. The van der Waals surface area contributed by atoms with Gasteiger partial charge in [-0.2, -0.15) is 0 Å². The van der Waals surface area contributed by atoms with Gasteiger partial charge in [0.2, 0.25) is 5.95 Å². The maximum atomic E-state index is 13.1. The van der Waals surface area contributed by atoms with Gasteiger partial charge < -0.3 is 4.90 Å². The lowest BCUT2D eigenvalue weighted by molar-refractivity contribution is 0.171. The minimum absolute atomic E-state index is 0.0787. The molecule has 1 heterocycles. The Labute approximate surface area is 138 Å². The van der Waals surface area contributed by atoms with Crippen LogP contribution in [0.25, 0.3) is 0 Å². The lowest BCUT2D eigenvalue weighted by Gasteiger charge is -2.35. The number of benzene rings is 1. The van der Waals surface area contributed by atoms with Gasteiger partial charge in [0.15, 0.2) is 0 Å². The third kappa shape index (κ3) is 4.28. The molecule has 23 heavy (non-hydrogen) atoms. The molecule has 0 saturated heterocycles. The molecule has 1 aromatic heterocycles. The summed E-state index contributed by atoms with van der Waals surface area (Å²) >= 11 is 0. The molecule has 0 bridgehead atoms. The first-order valence-electron chi connectivity index (χ1n) is 7.91. The van der Waals surface area contributed by atoms with Gasteiger partial charge in [-0.25, -0.2) is 14.8 Å². The number of nitrogens with zero attached hydrogens (tertiary/aromatic N) is 4. The smallest absolute Gasteiger partial charge is 0.319 e. The number of carbonyl (C=O) groups is 1. The molecule has 122 valence electrons. The Balaban J connectivity index is 2.35. The van der Waals surface area contributed by atoms with Crippen LogP contribution >= 0.6 is 0 Å². The van der Waals surface area contributed by atoms with E-state index in [0.717, 1.165) is 5.56 Å². The molecule has 2 aromatic rings. The summed E-state index contributed by atoms with van der Waals surface area (Å²) in [5.74, 6) is 0.424. The van der Waals surface area contributed by atoms with Crippen LogP contribution in [0.1, 0.15) is 33.3 Å². The fraction of sp³-hybridized carbons (Fsp3) is 0.389. The minimum atomic E-state index is -0.0787. The summed E-state index contributed by atoms with van der Waals surface area (Å²) in [7, 11) is 0. The van der Waals surface area contributed by atoms with E-state index in [2.05, 4.69) is 9.97 Å². The zero-order chi connectivity index (χ0) is 16.8. The predicted octanol–water partition coefficient (Wildman–Crippen LogP) is 3.72. The zero-order valence-corrected chi connectivity index (χ0v) is 14.2. The number of urea groups is 1. The molecule has 0 aliphatic rings. The molecule has 2 rings (SSSR count). The standard InChI is InChI=1S/C18H24N4O/c1-14(2)22(15(3)4)18(23)21(17-19-11-8-12-20-17)13-16-9-6-5-7-10-16/h5-12,14-15H,13H2,1-4H3. The maximum absolute atomic E-state index is 13.1. The predicted molar refractivity (Wildman–Crippen MR) is 92.2 cm³/mol. The Morgan fingerprint density at radius 2 is 1.52 bits per heavy atom. The molecule has 0 radical (unpaired) electrons. The van der Waals surface area contributed by atoms with Gasteiger partial charge in [0, 0.05) is 24.5 Å². The molecule has 0 aliphatic carbocycles. The molecule has 0 N–H and O–H groups in total. The molecule has 0 unspecified atom stereocenters. The molecule has 1 aromatic carbocycles. The maximum Gasteiger partial charge on any atom is 0.327 e. The third-order valence-corrected chi connectivity index (χ3v) is 3.54. The number of hydrogen-bond donors (Lipinski definition) is 0. The van der Waals surface area contributed by atoms with E-state index in [1.807, 2.05) is 62.9 Å². The molecule has 0 atom stereocenters. The van der Waals surface area contributed by atoms with Gasteiger partial charge in [0.05, 0.1) is 6.54 Å². The quantitative estimate of drug-likeness (QED) is 0.845. The van der Waals surface area contributed by atoms with E-state index in [-0.39, 0.29) is 18.1 Å². The highest BCUT2D eigenvalue weighted by Crippen LogP contribution is 2.17. The van der Waals surface area contributed by atoms with Crippen LogP contribution in [0.5, 0.6) is 0 Å². The summed E-state index contributed by atoms with van der Waals surface area (Å²) in [6, 6.07) is 11.8. The summed E-state index contributed by atoms with van der Waals surface area (Å²) in [6.45, 7) is 8.52. The van der Waals surface area contributed by atoms with Crippen LogP contribution in [-0.2, 0) is 6.54 Å². The highest BCUT2D eigenvalue weighted by molar-refractivity contribution is 5.90. The third-order valence-electron chi connectivity index (χ3n) is 3.54. The highest BCUT2D eigenvalue weighted by Gasteiger charge is 2.28. The molecular formula is C18H24N4O. The minimum Gasteiger partial charge on any atom is -0.319 e. The molecule has 0 aliphatic heterocycles. The first-order chi connectivity index (χ1) is 11.0. The Bertz CT molecular complexity index is 605. The Morgan fingerprint density at radius 1 is 0.957 bits per heavy atom. The summed E-state index contributed by atoms with van der Waals surface area (Å²) in [5.41, 5.74) is 1.04. The number of amides is 2. The van der Waals surface area contributed by atoms with Gasteiger partial charge in [-0.05, 0) is 39.3 Å². The Hall–Kier alpha value is -2.43. The van der Waals surface area contributed by atoms with Crippen molar-refractivity contribution in [2.75, 3.05) is 4.90 Å². The number of rotatable bonds is 5. The van der Waals surface area contributed by atoms with Crippen molar-refractivity contribution < 1.29 is 4.79 Å². The monoisotopic (exact) mass is 312 g/mol. The Morgan fingerprint density at radius 3 is 2.04 bits per heavy atom. The fourth-order valence-electron chi connectivity index (χ4n) is 2.60. The van der Waals surface area contributed by atoms with E-state index in [0.29, 0.717) is 12.5 Å². The Kier molecular flexibility index (Phi) is 5.68. The van der Waals surface area contributed by atoms with E-state index < -0.39 is 0 Å². The summed E-state index contributed by atoms with van der Waals surface area (Å²) in [5, 5.41) is 0. The van der Waals surface area contributed by atoms with E-state index in [1.165, 1.54) is 0 Å². The van der Waals surface area contributed by atoms with Crippen molar-refractivity contribution in [1.82, 2.24) is 14.9 Å². The molecule has 0 fully saturated rings. The number of aromatic nitrogens is 2. The van der Waals surface area contributed by atoms with Crippen LogP contribution in [-0.4, -0.2) is 33.0 Å². The molecule has 5 nitrogen and oxygen atoms in total. The normalized spacial score (nSPS) is 10.9. The average molecular weight is 312 g/mol. The van der Waals surface area contributed by atoms with Crippen LogP contribution < -0.4 is 4.90 Å². The van der Waals surface area contributed by atoms with Gasteiger partial charge in [-0.1, -0.05) is 30.3 Å². The second kappa shape index (κ2) is 7.72. The van der Waals surface area contributed by atoms with Gasteiger partial charge in [-0.3, -0.25) is 4.90 Å². The van der Waals surface area contributed by atoms with E-state index in [9.17, 15) is 4.79 Å². The van der Waals surface area contributed by atoms with Crippen LogP contribution in [0.4, 0.5) is 10.7 Å². The topological polar surface area (TPSA) is 49.3 Å². The van der Waals surface area contributed by atoms with Gasteiger partial charge in [-0.15, -0.1) is 0 Å². The summed E-state index contributed by atoms with van der Waals surface area (Å²) in [4.78, 5) is 25.1. The van der Waals surface area contributed by atoms with E-state index in [4.69, 9.17) is 0 Å². The molecular weight excluding hydrogens is 288 g/mol. The molecule has 5 heteroatoms. The van der Waals surface area contributed by atoms with Crippen molar-refractivity contribution in [2.24, 2.45) is 0 Å². The van der Waals surface area contributed by atoms with Crippen molar-refractivity contribution in [3.8, 4) is 0 Å².